The Hall–Kier alpha value is -1.46. The van der Waals surface area contributed by atoms with Crippen molar-refractivity contribution in [1.29, 1.82) is 0 Å². The topological polar surface area (TPSA) is 63.9 Å². The molecule has 0 radical (unpaired) electrons. The second kappa shape index (κ2) is 4.43. The van der Waals surface area contributed by atoms with Gasteiger partial charge in [0.1, 0.15) is 6.54 Å². The van der Waals surface area contributed by atoms with E-state index in [9.17, 15) is 4.79 Å². The van der Waals surface area contributed by atoms with E-state index in [0.717, 1.165) is 13.1 Å². The summed E-state index contributed by atoms with van der Waals surface area (Å²) in [6.45, 7) is 7.86. The molecule has 1 aromatic heterocycles. The molecular formula is C11H19N5O. The molecule has 0 aliphatic carbocycles. The summed E-state index contributed by atoms with van der Waals surface area (Å²) >= 11 is 0. The number of carbonyl (C=O) groups excluding carboxylic acids is 1. The molecule has 6 nitrogen and oxygen atoms in total. The predicted octanol–water partition coefficient (Wildman–Crippen LogP) is 0.889. The lowest BCUT2D eigenvalue weighted by Crippen LogP contribution is -2.26. The summed E-state index contributed by atoms with van der Waals surface area (Å²) in [7, 11) is 0. The Morgan fingerprint density at radius 3 is 2.53 bits per heavy atom. The van der Waals surface area contributed by atoms with Crippen LogP contribution in [-0.4, -0.2) is 39.1 Å². The Bertz CT molecular complexity index is 400. The van der Waals surface area contributed by atoms with Gasteiger partial charge in [0.15, 0.2) is 5.78 Å². The van der Waals surface area contributed by atoms with E-state index in [4.69, 9.17) is 0 Å². The van der Waals surface area contributed by atoms with Crippen molar-refractivity contribution < 1.29 is 4.79 Å². The molecule has 0 bridgehead atoms. The van der Waals surface area contributed by atoms with E-state index >= 15 is 0 Å². The van der Waals surface area contributed by atoms with Crippen LogP contribution in [0.4, 0.5) is 5.95 Å². The van der Waals surface area contributed by atoms with Gasteiger partial charge >= 0.3 is 0 Å². The van der Waals surface area contributed by atoms with E-state index in [1.807, 2.05) is 20.8 Å². The number of anilines is 1. The smallest absolute Gasteiger partial charge is 0.266 e. The molecule has 1 fully saturated rings. The Balaban J connectivity index is 2.01. The fourth-order valence-corrected chi connectivity index (χ4v) is 1.71. The minimum absolute atomic E-state index is 0.114. The van der Waals surface area contributed by atoms with Crippen LogP contribution in [0.3, 0.4) is 0 Å². The molecule has 1 aliphatic rings. The molecule has 0 aromatic carbocycles. The van der Waals surface area contributed by atoms with Gasteiger partial charge in [-0.2, -0.15) is 4.80 Å². The van der Waals surface area contributed by atoms with Gasteiger partial charge in [-0.1, -0.05) is 25.9 Å². The maximum absolute atomic E-state index is 11.8. The molecule has 2 rings (SSSR count). The number of nitrogens with zero attached hydrogens (tertiary/aromatic N) is 5. The van der Waals surface area contributed by atoms with E-state index < -0.39 is 0 Å². The fraction of sp³-hybridized carbons (Fsp3) is 0.818. The van der Waals surface area contributed by atoms with Crippen LogP contribution in [-0.2, 0) is 11.3 Å². The van der Waals surface area contributed by atoms with Gasteiger partial charge in [0.2, 0.25) is 0 Å². The molecule has 2 heterocycles. The predicted molar refractivity (Wildman–Crippen MR) is 63.7 cm³/mol. The first-order chi connectivity index (χ1) is 7.97. The number of Topliss-reactive ketones (excluding diaryl/α,β-unsaturated/α-hetero) is 1. The third-order valence-electron chi connectivity index (χ3n) is 2.95. The Kier molecular flexibility index (Phi) is 3.13. The van der Waals surface area contributed by atoms with Crippen molar-refractivity contribution in [3.8, 4) is 0 Å². The first-order valence-electron chi connectivity index (χ1n) is 6.03. The van der Waals surface area contributed by atoms with Crippen molar-refractivity contribution in [2.24, 2.45) is 5.41 Å². The maximum atomic E-state index is 11.8. The van der Waals surface area contributed by atoms with Gasteiger partial charge in [-0.15, -0.1) is 5.10 Å². The first kappa shape index (κ1) is 12.0. The molecule has 0 atom stereocenters. The number of carbonyl (C=O) groups is 1. The summed E-state index contributed by atoms with van der Waals surface area (Å²) in [5, 5.41) is 12.2. The summed E-state index contributed by atoms with van der Waals surface area (Å²) in [6.07, 6.45) is 2.35. The number of ketones is 1. The number of aromatic nitrogens is 4. The summed E-state index contributed by atoms with van der Waals surface area (Å²) in [5.74, 6) is 0.757. The van der Waals surface area contributed by atoms with Crippen LogP contribution >= 0.6 is 0 Å². The Morgan fingerprint density at radius 2 is 1.94 bits per heavy atom. The molecule has 0 unspecified atom stereocenters. The second-order valence-electron chi connectivity index (χ2n) is 5.49. The van der Waals surface area contributed by atoms with Crippen LogP contribution in [0.5, 0.6) is 0 Å². The van der Waals surface area contributed by atoms with Gasteiger partial charge in [-0.3, -0.25) is 4.79 Å². The standard InChI is InChI=1S/C11H19N5O/c1-11(2,3)9(17)8-16-13-10(12-14-16)15-6-4-5-7-15/h4-8H2,1-3H3. The lowest BCUT2D eigenvalue weighted by molar-refractivity contribution is -0.127. The van der Waals surface area contributed by atoms with Crippen LogP contribution in [0.2, 0.25) is 0 Å². The minimum atomic E-state index is -0.360. The molecule has 1 aliphatic heterocycles. The first-order valence-corrected chi connectivity index (χ1v) is 6.03. The van der Waals surface area contributed by atoms with E-state index in [1.165, 1.54) is 17.6 Å². The minimum Gasteiger partial charge on any atom is -0.338 e. The molecule has 0 saturated carbocycles. The molecule has 6 heteroatoms. The van der Waals surface area contributed by atoms with Crippen LogP contribution in [0.25, 0.3) is 0 Å². The van der Waals surface area contributed by atoms with Crippen molar-refractivity contribution in [1.82, 2.24) is 20.2 Å². The van der Waals surface area contributed by atoms with Crippen molar-refractivity contribution in [2.75, 3.05) is 18.0 Å². The zero-order valence-electron chi connectivity index (χ0n) is 10.7. The molecule has 0 spiro atoms. The van der Waals surface area contributed by atoms with Crippen molar-refractivity contribution in [3.05, 3.63) is 0 Å². The molecule has 0 amide bonds. The summed E-state index contributed by atoms with van der Waals surface area (Å²) < 4.78 is 0. The highest BCUT2D eigenvalue weighted by molar-refractivity contribution is 5.83. The number of rotatable bonds is 3. The second-order valence-corrected chi connectivity index (χ2v) is 5.49. The highest BCUT2D eigenvalue weighted by Gasteiger charge is 2.23. The zero-order chi connectivity index (χ0) is 12.5. The van der Waals surface area contributed by atoms with Gasteiger partial charge < -0.3 is 4.90 Å². The highest BCUT2D eigenvalue weighted by Crippen LogP contribution is 2.16. The monoisotopic (exact) mass is 237 g/mol. The maximum Gasteiger partial charge on any atom is 0.266 e. The number of hydrogen-bond donors (Lipinski definition) is 0. The zero-order valence-corrected chi connectivity index (χ0v) is 10.7. The average molecular weight is 237 g/mol. The molecular weight excluding hydrogens is 218 g/mol. The average Bonchev–Trinajstić information content (AvgIpc) is 2.83. The van der Waals surface area contributed by atoms with Crippen LogP contribution in [0.1, 0.15) is 33.6 Å². The summed E-state index contributed by atoms with van der Waals surface area (Å²) in [6, 6.07) is 0. The van der Waals surface area contributed by atoms with Gasteiger partial charge in [-0.25, -0.2) is 0 Å². The molecule has 1 saturated heterocycles. The molecule has 17 heavy (non-hydrogen) atoms. The Labute approximate surface area is 101 Å². The van der Waals surface area contributed by atoms with Crippen molar-refractivity contribution in [3.63, 3.8) is 0 Å². The van der Waals surface area contributed by atoms with Crippen LogP contribution in [0.15, 0.2) is 0 Å². The highest BCUT2D eigenvalue weighted by atomic mass is 16.1. The lowest BCUT2D eigenvalue weighted by atomic mass is 9.91. The van der Waals surface area contributed by atoms with Gasteiger partial charge in [-0.05, 0) is 18.1 Å². The number of tetrazole rings is 1. The molecule has 94 valence electrons. The van der Waals surface area contributed by atoms with E-state index in [1.54, 1.807) is 0 Å². The van der Waals surface area contributed by atoms with E-state index in [-0.39, 0.29) is 17.7 Å². The van der Waals surface area contributed by atoms with E-state index in [0.29, 0.717) is 5.95 Å². The molecule has 0 N–H and O–H groups in total. The van der Waals surface area contributed by atoms with Crippen molar-refractivity contribution >= 4 is 11.7 Å². The van der Waals surface area contributed by atoms with Crippen LogP contribution in [0, 0.1) is 5.41 Å². The SMILES string of the molecule is CC(C)(C)C(=O)Cn1nnc(N2CCCC2)n1. The fourth-order valence-electron chi connectivity index (χ4n) is 1.71. The van der Waals surface area contributed by atoms with Crippen molar-refractivity contribution in [2.45, 2.75) is 40.2 Å². The molecule has 1 aromatic rings. The van der Waals surface area contributed by atoms with Gasteiger partial charge in [0.05, 0.1) is 0 Å². The third kappa shape index (κ3) is 2.81. The van der Waals surface area contributed by atoms with E-state index in [2.05, 4.69) is 20.3 Å². The summed E-state index contributed by atoms with van der Waals surface area (Å²) in [4.78, 5) is 15.3. The Morgan fingerprint density at radius 1 is 1.29 bits per heavy atom. The van der Waals surface area contributed by atoms with Gasteiger partial charge in [0, 0.05) is 18.5 Å². The van der Waals surface area contributed by atoms with Crippen LogP contribution < -0.4 is 4.90 Å². The summed E-state index contributed by atoms with van der Waals surface area (Å²) in [5.41, 5.74) is -0.360. The third-order valence-corrected chi connectivity index (χ3v) is 2.95. The number of hydrogen-bond acceptors (Lipinski definition) is 5. The quantitative estimate of drug-likeness (QED) is 0.781. The largest absolute Gasteiger partial charge is 0.338 e. The van der Waals surface area contributed by atoms with Gasteiger partial charge in [0.25, 0.3) is 5.95 Å². The lowest BCUT2D eigenvalue weighted by Gasteiger charge is -2.15. The normalized spacial score (nSPS) is 16.5.